The molecule has 1 aliphatic rings. The van der Waals surface area contributed by atoms with Crippen molar-refractivity contribution in [1.82, 2.24) is 4.90 Å². The molecule has 0 aromatic carbocycles. The van der Waals surface area contributed by atoms with Gasteiger partial charge < -0.3 is 14.7 Å². The quantitative estimate of drug-likeness (QED) is 0.638. The van der Waals surface area contributed by atoms with Crippen molar-refractivity contribution in [3.8, 4) is 0 Å². The number of nitrogens with zero attached hydrogens (tertiary/aromatic N) is 1. The van der Waals surface area contributed by atoms with Crippen LogP contribution in [0.25, 0.3) is 0 Å². The Labute approximate surface area is 82.0 Å². The second-order valence-corrected chi connectivity index (χ2v) is 3.32. The average Bonchev–Trinajstić information content (AvgIpc) is 2.15. The van der Waals surface area contributed by atoms with Crippen LogP contribution < -0.4 is 0 Å². The van der Waals surface area contributed by atoms with Crippen molar-refractivity contribution in [2.45, 2.75) is 6.42 Å². The fourth-order valence-corrected chi connectivity index (χ4v) is 1.48. The highest BCUT2D eigenvalue weighted by Gasteiger charge is 2.27. The van der Waals surface area contributed by atoms with Crippen molar-refractivity contribution in [3.63, 3.8) is 0 Å². The Balaban J connectivity index is 2.77. The van der Waals surface area contributed by atoms with Gasteiger partial charge in [-0.15, -0.1) is 0 Å². The van der Waals surface area contributed by atoms with Crippen LogP contribution in [0.1, 0.15) is 6.42 Å². The van der Waals surface area contributed by atoms with Gasteiger partial charge in [0, 0.05) is 19.8 Å². The summed E-state index contributed by atoms with van der Waals surface area (Å²) < 4.78 is 4.54. The van der Waals surface area contributed by atoms with Crippen LogP contribution in [0.2, 0.25) is 0 Å². The van der Waals surface area contributed by atoms with E-state index in [9.17, 15) is 9.59 Å². The molecule has 0 aromatic heterocycles. The van der Waals surface area contributed by atoms with E-state index in [4.69, 9.17) is 5.11 Å². The van der Waals surface area contributed by atoms with Crippen LogP contribution in [0.15, 0.2) is 11.8 Å². The number of esters is 1. The zero-order chi connectivity index (χ0) is 10.7. The summed E-state index contributed by atoms with van der Waals surface area (Å²) in [4.78, 5) is 23.6. The van der Waals surface area contributed by atoms with Gasteiger partial charge in [-0.25, -0.2) is 4.79 Å². The summed E-state index contributed by atoms with van der Waals surface area (Å²) in [5, 5.41) is 8.82. The maximum Gasteiger partial charge on any atom is 0.335 e. The summed E-state index contributed by atoms with van der Waals surface area (Å²) in [7, 11) is 3.02. The molecular formula is C9H13NO4. The summed E-state index contributed by atoms with van der Waals surface area (Å²) >= 11 is 0. The summed E-state index contributed by atoms with van der Waals surface area (Å²) in [5.41, 5.74) is 0.411. The van der Waals surface area contributed by atoms with E-state index < -0.39 is 17.9 Å². The number of rotatable bonds is 2. The van der Waals surface area contributed by atoms with Gasteiger partial charge in [0.1, 0.15) is 0 Å². The predicted octanol–water partition coefficient (Wildman–Crippen LogP) is 0.0796. The smallest absolute Gasteiger partial charge is 0.335 e. The highest BCUT2D eigenvalue weighted by atomic mass is 16.5. The van der Waals surface area contributed by atoms with Crippen molar-refractivity contribution >= 4 is 11.9 Å². The molecule has 1 unspecified atom stereocenters. The molecule has 0 saturated heterocycles. The van der Waals surface area contributed by atoms with E-state index in [2.05, 4.69) is 4.74 Å². The van der Waals surface area contributed by atoms with Gasteiger partial charge in [0.2, 0.25) is 0 Å². The Hall–Kier alpha value is -1.52. The zero-order valence-corrected chi connectivity index (χ0v) is 8.19. The topological polar surface area (TPSA) is 66.8 Å². The van der Waals surface area contributed by atoms with Crippen LogP contribution in [-0.4, -0.2) is 42.6 Å². The Morgan fingerprint density at radius 2 is 2.29 bits per heavy atom. The van der Waals surface area contributed by atoms with Gasteiger partial charge in [-0.2, -0.15) is 0 Å². The molecule has 0 fully saturated rings. The van der Waals surface area contributed by atoms with Crippen LogP contribution in [0.5, 0.6) is 0 Å². The van der Waals surface area contributed by atoms with E-state index >= 15 is 0 Å². The maximum absolute atomic E-state index is 11.2. The normalized spacial score (nSPS) is 21.4. The lowest BCUT2D eigenvalue weighted by molar-refractivity contribution is -0.142. The number of carboxylic acid groups (broad SMARTS) is 1. The monoisotopic (exact) mass is 199 g/mol. The highest BCUT2D eigenvalue weighted by Crippen LogP contribution is 2.20. The fraction of sp³-hybridized carbons (Fsp3) is 0.556. The number of hydrogen-bond acceptors (Lipinski definition) is 4. The van der Waals surface area contributed by atoms with E-state index in [1.54, 1.807) is 18.1 Å². The second kappa shape index (κ2) is 4.13. The largest absolute Gasteiger partial charge is 0.481 e. The third-order valence-corrected chi connectivity index (χ3v) is 2.15. The van der Waals surface area contributed by atoms with Gasteiger partial charge in [0.25, 0.3) is 0 Å². The zero-order valence-electron chi connectivity index (χ0n) is 8.19. The lowest BCUT2D eigenvalue weighted by Crippen LogP contribution is -2.33. The van der Waals surface area contributed by atoms with Crippen molar-refractivity contribution in [2.75, 3.05) is 20.7 Å². The van der Waals surface area contributed by atoms with Gasteiger partial charge in [0.05, 0.1) is 18.6 Å². The molecule has 5 nitrogen and oxygen atoms in total. The van der Waals surface area contributed by atoms with Crippen LogP contribution >= 0.6 is 0 Å². The van der Waals surface area contributed by atoms with E-state index in [0.29, 0.717) is 12.1 Å². The lowest BCUT2D eigenvalue weighted by Gasteiger charge is -2.26. The van der Waals surface area contributed by atoms with Crippen LogP contribution in [0.3, 0.4) is 0 Å². The minimum absolute atomic E-state index is 0.242. The Morgan fingerprint density at radius 1 is 1.64 bits per heavy atom. The van der Waals surface area contributed by atoms with Gasteiger partial charge in [-0.05, 0) is 6.42 Å². The lowest BCUT2D eigenvalue weighted by atomic mass is 9.96. The Bertz CT molecular complexity index is 285. The molecular weight excluding hydrogens is 186 g/mol. The Kier molecular flexibility index (Phi) is 3.11. The molecule has 1 rings (SSSR count). The number of methoxy groups -OCH3 is 1. The van der Waals surface area contributed by atoms with Gasteiger partial charge in [-0.1, -0.05) is 0 Å². The van der Waals surface area contributed by atoms with Gasteiger partial charge in [-0.3, -0.25) is 4.79 Å². The SMILES string of the molecule is COC(=O)C1=CN(C)CC(C(=O)O)C1. The number of aliphatic carboxylic acids is 1. The van der Waals surface area contributed by atoms with Crippen LogP contribution in [0.4, 0.5) is 0 Å². The third-order valence-electron chi connectivity index (χ3n) is 2.15. The molecule has 0 aromatic rings. The third kappa shape index (κ3) is 2.25. The first-order chi connectivity index (χ1) is 6.54. The molecule has 5 heteroatoms. The van der Waals surface area contributed by atoms with Crippen molar-refractivity contribution in [2.24, 2.45) is 5.92 Å². The Morgan fingerprint density at radius 3 is 2.79 bits per heavy atom. The minimum Gasteiger partial charge on any atom is -0.481 e. The summed E-state index contributed by atoms with van der Waals surface area (Å²) in [6.45, 7) is 0.426. The average molecular weight is 199 g/mol. The highest BCUT2D eigenvalue weighted by molar-refractivity contribution is 5.89. The second-order valence-electron chi connectivity index (χ2n) is 3.32. The van der Waals surface area contributed by atoms with Gasteiger partial charge in [0.15, 0.2) is 0 Å². The molecule has 14 heavy (non-hydrogen) atoms. The van der Waals surface area contributed by atoms with Crippen molar-refractivity contribution < 1.29 is 19.4 Å². The first kappa shape index (κ1) is 10.6. The molecule has 0 saturated carbocycles. The molecule has 1 N–H and O–H groups in total. The fourth-order valence-electron chi connectivity index (χ4n) is 1.48. The number of carbonyl (C=O) groups excluding carboxylic acids is 1. The number of carbonyl (C=O) groups is 2. The number of hydrogen-bond donors (Lipinski definition) is 1. The minimum atomic E-state index is -0.883. The molecule has 1 heterocycles. The molecule has 78 valence electrons. The van der Waals surface area contributed by atoms with Crippen LogP contribution in [0, 0.1) is 5.92 Å². The first-order valence-electron chi connectivity index (χ1n) is 4.26. The van der Waals surface area contributed by atoms with Crippen LogP contribution in [-0.2, 0) is 14.3 Å². The van der Waals surface area contributed by atoms with Gasteiger partial charge >= 0.3 is 11.9 Å². The first-order valence-corrected chi connectivity index (χ1v) is 4.26. The van der Waals surface area contributed by atoms with E-state index in [1.807, 2.05) is 0 Å². The van der Waals surface area contributed by atoms with E-state index in [1.165, 1.54) is 7.11 Å². The number of ether oxygens (including phenoxy) is 1. The summed E-state index contributed by atoms with van der Waals surface area (Å²) in [5.74, 6) is -1.87. The molecule has 0 aliphatic carbocycles. The van der Waals surface area contributed by atoms with Crippen molar-refractivity contribution in [3.05, 3.63) is 11.8 Å². The summed E-state index contributed by atoms with van der Waals surface area (Å²) in [6, 6.07) is 0. The molecule has 0 spiro atoms. The van der Waals surface area contributed by atoms with Crippen molar-refractivity contribution in [1.29, 1.82) is 0 Å². The maximum atomic E-state index is 11.2. The molecule has 0 bridgehead atoms. The summed E-state index contributed by atoms with van der Waals surface area (Å²) in [6.07, 6.45) is 1.87. The van der Waals surface area contributed by atoms with E-state index in [0.717, 1.165) is 0 Å². The number of carboxylic acids is 1. The molecule has 0 radical (unpaired) electrons. The van der Waals surface area contributed by atoms with E-state index in [-0.39, 0.29) is 6.42 Å². The standard InChI is InChI=1S/C9H13NO4/c1-10-4-6(8(11)12)3-7(5-10)9(13)14-2/h5-6H,3-4H2,1-2H3,(H,11,12). The molecule has 0 amide bonds. The molecule has 1 aliphatic heterocycles. The predicted molar refractivity (Wildman–Crippen MR) is 48.5 cm³/mol. The molecule has 1 atom stereocenters.